The van der Waals surface area contributed by atoms with E-state index in [1.807, 2.05) is 18.2 Å². The second kappa shape index (κ2) is 8.43. The van der Waals surface area contributed by atoms with Crippen LogP contribution >= 0.6 is 0 Å². The molecule has 1 nitrogen and oxygen atoms in total. The first-order chi connectivity index (χ1) is 12.6. The Labute approximate surface area is 164 Å². The molecule has 0 saturated carbocycles. The summed E-state index contributed by atoms with van der Waals surface area (Å²) in [6.45, 7) is 12.9. The molecular formula is C26H32O. The second-order valence-corrected chi connectivity index (χ2v) is 8.96. The van der Waals surface area contributed by atoms with Crippen LogP contribution in [0.15, 0.2) is 78.9 Å². The van der Waals surface area contributed by atoms with E-state index in [9.17, 15) is 5.11 Å². The first-order valence-corrected chi connectivity index (χ1v) is 9.53. The molecule has 3 aromatic rings. The molecule has 0 atom stereocenters. The molecule has 1 N–H and O–H groups in total. The van der Waals surface area contributed by atoms with Gasteiger partial charge in [0.25, 0.3) is 0 Å². The van der Waals surface area contributed by atoms with E-state index in [1.165, 1.54) is 16.7 Å². The zero-order valence-corrected chi connectivity index (χ0v) is 17.5. The minimum Gasteiger partial charge on any atom is -0.508 e. The highest BCUT2D eigenvalue weighted by molar-refractivity contribution is 5.62. The highest BCUT2D eigenvalue weighted by atomic mass is 16.3. The second-order valence-electron chi connectivity index (χ2n) is 8.96. The molecule has 0 fully saturated rings. The topological polar surface area (TPSA) is 20.2 Å². The molecule has 142 valence electrons. The summed E-state index contributed by atoms with van der Waals surface area (Å²) < 4.78 is 0. The van der Waals surface area contributed by atoms with Gasteiger partial charge in [-0.15, -0.1) is 0 Å². The molecule has 0 heterocycles. The normalized spacial score (nSPS) is 11.5. The Kier molecular flexibility index (Phi) is 6.49. The van der Waals surface area contributed by atoms with E-state index in [0.29, 0.717) is 5.75 Å². The van der Waals surface area contributed by atoms with Crippen molar-refractivity contribution in [2.24, 2.45) is 0 Å². The molecule has 0 amide bonds. The Morgan fingerprint density at radius 3 is 1.37 bits per heavy atom. The van der Waals surface area contributed by atoms with Gasteiger partial charge in [0, 0.05) is 0 Å². The van der Waals surface area contributed by atoms with E-state index in [2.05, 4.69) is 96.1 Å². The van der Waals surface area contributed by atoms with Gasteiger partial charge < -0.3 is 5.11 Å². The predicted molar refractivity (Wildman–Crippen MR) is 117 cm³/mol. The molecule has 0 unspecified atom stereocenters. The van der Waals surface area contributed by atoms with Crippen molar-refractivity contribution in [1.82, 2.24) is 0 Å². The first-order valence-electron chi connectivity index (χ1n) is 9.53. The standard InChI is InChI=1S/C14H22O.C12H10/c1-13(2,3)10-7-8-12(15)11(9-10)14(4,5)6;1-3-7-11(8-4-1)12-9-5-2-6-10-12/h7-9,15H,1-6H3;1-10H. The van der Waals surface area contributed by atoms with Crippen molar-refractivity contribution in [1.29, 1.82) is 0 Å². The number of hydrogen-bond donors (Lipinski definition) is 1. The van der Waals surface area contributed by atoms with Crippen LogP contribution in [0.25, 0.3) is 11.1 Å². The molecule has 3 aromatic carbocycles. The van der Waals surface area contributed by atoms with Crippen LogP contribution in [0.3, 0.4) is 0 Å². The third-order valence-corrected chi connectivity index (χ3v) is 4.55. The summed E-state index contributed by atoms with van der Waals surface area (Å²) in [6, 6.07) is 26.7. The number of aromatic hydroxyl groups is 1. The molecule has 0 saturated heterocycles. The van der Waals surface area contributed by atoms with Gasteiger partial charge in [-0.1, -0.05) is 114 Å². The quantitative estimate of drug-likeness (QED) is 0.481. The van der Waals surface area contributed by atoms with Crippen molar-refractivity contribution >= 4 is 0 Å². The van der Waals surface area contributed by atoms with Crippen molar-refractivity contribution in [2.45, 2.75) is 52.4 Å². The van der Waals surface area contributed by atoms with Crippen molar-refractivity contribution < 1.29 is 5.11 Å². The molecule has 0 aliphatic rings. The minimum absolute atomic E-state index is 0.00859. The minimum atomic E-state index is -0.00859. The lowest BCUT2D eigenvalue weighted by Crippen LogP contribution is -2.16. The number of rotatable bonds is 1. The van der Waals surface area contributed by atoms with Crippen molar-refractivity contribution in [2.75, 3.05) is 0 Å². The van der Waals surface area contributed by atoms with Gasteiger partial charge in [-0.2, -0.15) is 0 Å². The fourth-order valence-corrected chi connectivity index (χ4v) is 2.86. The molecule has 0 aromatic heterocycles. The maximum absolute atomic E-state index is 9.84. The summed E-state index contributed by atoms with van der Waals surface area (Å²) in [5, 5.41) is 9.84. The van der Waals surface area contributed by atoms with Crippen LogP contribution in [0.2, 0.25) is 0 Å². The van der Waals surface area contributed by atoms with Crippen LogP contribution < -0.4 is 0 Å². The maximum Gasteiger partial charge on any atom is 0.119 e. The fraction of sp³-hybridized carbons (Fsp3) is 0.308. The summed E-state index contributed by atoms with van der Waals surface area (Å²) in [5.74, 6) is 0.399. The number of phenolic OH excluding ortho intramolecular Hbond substituents is 1. The van der Waals surface area contributed by atoms with Gasteiger partial charge in [0.05, 0.1) is 0 Å². The molecule has 0 bridgehead atoms. The van der Waals surface area contributed by atoms with Crippen LogP contribution in [0.5, 0.6) is 5.75 Å². The monoisotopic (exact) mass is 360 g/mol. The summed E-state index contributed by atoms with van der Waals surface area (Å²) >= 11 is 0. The lowest BCUT2D eigenvalue weighted by molar-refractivity contribution is 0.444. The number of hydrogen-bond acceptors (Lipinski definition) is 1. The Morgan fingerprint density at radius 1 is 0.556 bits per heavy atom. The molecule has 0 radical (unpaired) electrons. The molecule has 1 heteroatoms. The average Bonchev–Trinajstić information content (AvgIpc) is 2.62. The zero-order chi connectivity index (χ0) is 20.1. The number of phenols is 1. The Balaban J connectivity index is 0.000000198. The van der Waals surface area contributed by atoms with Crippen LogP contribution in [0.1, 0.15) is 52.7 Å². The molecule has 3 rings (SSSR count). The summed E-state index contributed by atoms with van der Waals surface area (Å²) in [4.78, 5) is 0. The lowest BCUT2D eigenvalue weighted by atomic mass is 9.80. The zero-order valence-electron chi connectivity index (χ0n) is 17.5. The Morgan fingerprint density at radius 2 is 1.00 bits per heavy atom. The Hall–Kier alpha value is -2.54. The fourth-order valence-electron chi connectivity index (χ4n) is 2.86. The van der Waals surface area contributed by atoms with E-state index >= 15 is 0 Å². The van der Waals surface area contributed by atoms with Gasteiger partial charge in [0.1, 0.15) is 5.75 Å². The largest absolute Gasteiger partial charge is 0.508 e. The molecule has 0 spiro atoms. The van der Waals surface area contributed by atoms with Crippen molar-refractivity contribution in [3.05, 3.63) is 90.0 Å². The van der Waals surface area contributed by atoms with Gasteiger partial charge in [-0.25, -0.2) is 0 Å². The van der Waals surface area contributed by atoms with Crippen LogP contribution in [-0.2, 0) is 10.8 Å². The van der Waals surface area contributed by atoms with Crippen LogP contribution in [-0.4, -0.2) is 5.11 Å². The van der Waals surface area contributed by atoms with E-state index in [0.717, 1.165) is 5.56 Å². The third-order valence-electron chi connectivity index (χ3n) is 4.55. The van der Waals surface area contributed by atoms with E-state index in [4.69, 9.17) is 0 Å². The molecule has 0 aliphatic heterocycles. The maximum atomic E-state index is 9.84. The van der Waals surface area contributed by atoms with Gasteiger partial charge >= 0.3 is 0 Å². The predicted octanol–water partition coefficient (Wildman–Crippen LogP) is 7.34. The van der Waals surface area contributed by atoms with E-state index < -0.39 is 0 Å². The smallest absolute Gasteiger partial charge is 0.119 e. The molecule has 0 aliphatic carbocycles. The summed E-state index contributed by atoms with van der Waals surface area (Å²) in [6.07, 6.45) is 0. The molecular weight excluding hydrogens is 328 g/mol. The van der Waals surface area contributed by atoms with Crippen molar-refractivity contribution in [3.63, 3.8) is 0 Å². The highest BCUT2D eigenvalue weighted by Crippen LogP contribution is 2.34. The van der Waals surface area contributed by atoms with Crippen LogP contribution in [0.4, 0.5) is 0 Å². The lowest BCUT2D eigenvalue weighted by Gasteiger charge is -2.25. The van der Waals surface area contributed by atoms with Crippen molar-refractivity contribution in [3.8, 4) is 16.9 Å². The van der Waals surface area contributed by atoms with E-state index in [1.54, 1.807) is 6.07 Å². The van der Waals surface area contributed by atoms with Crippen LogP contribution in [0, 0.1) is 0 Å². The number of benzene rings is 3. The van der Waals surface area contributed by atoms with Gasteiger partial charge in [-0.05, 0) is 39.2 Å². The SMILES string of the molecule is CC(C)(C)c1ccc(O)c(C(C)(C)C)c1.c1ccc(-c2ccccc2)cc1. The van der Waals surface area contributed by atoms with Gasteiger partial charge in [0.15, 0.2) is 0 Å². The average molecular weight is 361 g/mol. The summed E-state index contributed by atoms with van der Waals surface area (Å²) in [5.41, 5.74) is 4.97. The van der Waals surface area contributed by atoms with E-state index in [-0.39, 0.29) is 10.8 Å². The van der Waals surface area contributed by atoms with Gasteiger partial charge in [-0.3, -0.25) is 0 Å². The third kappa shape index (κ3) is 5.99. The van der Waals surface area contributed by atoms with Gasteiger partial charge in [0.2, 0.25) is 0 Å². The highest BCUT2D eigenvalue weighted by Gasteiger charge is 2.21. The Bertz CT molecular complexity index is 797. The molecule has 27 heavy (non-hydrogen) atoms. The first kappa shape index (κ1) is 20.8. The summed E-state index contributed by atoms with van der Waals surface area (Å²) in [7, 11) is 0.